The molecule has 0 spiro atoms. The number of aromatic nitrogens is 5. The molecule has 11 heteroatoms. The van der Waals surface area contributed by atoms with E-state index in [1.807, 2.05) is 71.4 Å². The third-order valence-electron chi connectivity index (χ3n) is 8.34. The molecule has 44 heavy (non-hydrogen) atoms. The van der Waals surface area contributed by atoms with Gasteiger partial charge in [0.2, 0.25) is 0 Å². The van der Waals surface area contributed by atoms with Crippen LogP contribution in [0.5, 0.6) is 0 Å². The number of aliphatic hydroxyl groups is 1. The van der Waals surface area contributed by atoms with Gasteiger partial charge in [-0.05, 0) is 43.4 Å². The SMILES string of the molecule is CN1CCN(c2ccc(Nc3cc(-c4cccc(-n5ccn6c(cc7ccccc76)c5=O)c4CO)nn(C)c3=O)nc2)CC1. The highest BCUT2D eigenvalue weighted by molar-refractivity contribution is 5.87. The van der Waals surface area contributed by atoms with Crippen molar-refractivity contribution in [1.82, 2.24) is 28.6 Å². The summed E-state index contributed by atoms with van der Waals surface area (Å²) in [5.41, 5.74) is 4.41. The molecule has 4 aromatic heterocycles. The molecule has 222 valence electrons. The Balaban J connectivity index is 1.24. The average molecular weight is 589 g/mol. The lowest BCUT2D eigenvalue weighted by Crippen LogP contribution is -2.44. The predicted molar refractivity (Wildman–Crippen MR) is 172 cm³/mol. The Kier molecular flexibility index (Phi) is 6.96. The fourth-order valence-corrected chi connectivity index (χ4v) is 5.90. The number of fused-ring (bicyclic) bond motifs is 3. The van der Waals surface area contributed by atoms with E-state index in [0.717, 1.165) is 42.8 Å². The average Bonchev–Trinajstić information content (AvgIpc) is 3.43. The second-order valence-corrected chi connectivity index (χ2v) is 11.1. The Morgan fingerprint density at radius 1 is 0.864 bits per heavy atom. The Morgan fingerprint density at radius 2 is 1.68 bits per heavy atom. The Labute approximate surface area is 252 Å². The quantitative estimate of drug-likeness (QED) is 0.305. The molecule has 1 aliphatic rings. The second kappa shape index (κ2) is 11.1. The number of likely N-dealkylation sites (N-methyl/N-ethyl adjacent to an activating group) is 1. The van der Waals surface area contributed by atoms with E-state index in [2.05, 4.69) is 32.2 Å². The third kappa shape index (κ3) is 4.81. The topological polar surface area (TPSA) is 113 Å². The van der Waals surface area contributed by atoms with Crippen molar-refractivity contribution in [3.63, 3.8) is 0 Å². The molecule has 0 bridgehead atoms. The standard InChI is InChI=1S/C33H32N8O3/c1-37-12-14-39(15-13-37)23-10-11-31(34-20-23)35-27-19-26(36-38(2)32(27)43)24-7-5-9-29(25(24)21-42)41-17-16-40-28-8-4-3-6-22(28)18-30(40)33(41)44/h3-11,16-20,42H,12-15,21H2,1-2H3,(H,34,35). The van der Waals surface area contributed by atoms with Crippen LogP contribution in [-0.2, 0) is 13.7 Å². The number of anilines is 3. The summed E-state index contributed by atoms with van der Waals surface area (Å²) in [6.45, 7) is 3.54. The minimum atomic E-state index is -0.339. The molecule has 1 fully saturated rings. The molecular weight excluding hydrogens is 556 g/mol. The zero-order chi connectivity index (χ0) is 30.4. The normalized spacial score (nSPS) is 14.0. The zero-order valence-corrected chi connectivity index (χ0v) is 24.5. The fourth-order valence-electron chi connectivity index (χ4n) is 5.90. The van der Waals surface area contributed by atoms with E-state index in [-0.39, 0.29) is 17.7 Å². The van der Waals surface area contributed by atoms with E-state index in [4.69, 9.17) is 0 Å². The number of pyridine rings is 1. The van der Waals surface area contributed by atoms with Gasteiger partial charge in [-0.25, -0.2) is 9.67 Å². The van der Waals surface area contributed by atoms with Gasteiger partial charge in [-0.3, -0.25) is 14.2 Å². The molecule has 1 saturated heterocycles. The largest absolute Gasteiger partial charge is 0.392 e. The van der Waals surface area contributed by atoms with Crippen LogP contribution in [0.25, 0.3) is 33.4 Å². The first kappa shape index (κ1) is 27.6. The molecule has 0 aliphatic carbocycles. The van der Waals surface area contributed by atoms with E-state index >= 15 is 0 Å². The van der Waals surface area contributed by atoms with Crippen molar-refractivity contribution < 1.29 is 5.11 Å². The van der Waals surface area contributed by atoms with Crippen LogP contribution in [0, 0.1) is 0 Å². The molecule has 0 amide bonds. The summed E-state index contributed by atoms with van der Waals surface area (Å²) in [6, 6.07) is 20.6. The van der Waals surface area contributed by atoms with Gasteiger partial charge in [0.25, 0.3) is 11.1 Å². The smallest absolute Gasteiger partial charge is 0.290 e. The van der Waals surface area contributed by atoms with Crippen molar-refractivity contribution in [2.24, 2.45) is 7.05 Å². The lowest BCUT2D eigenvalue weighted by atomic mass is 10.0. The summed E-state index contributed by atoms with van der Waals surface area (Å²) in [7, 11) is 3.70. The van der Waals surface area contributed by atoms with Gasteiger partial charge in [0.05, 0.1) is 35.4 Å². The number of aliphatic hydroxyl groups excluding tert-OH is 1. The summed E-state index contributed by atoms with van der Waals surface area (Å²) >= 11 is 0. The van der Waals surface area contributed by atoms with Crippen molar-refractivity contribution in [2.75, 3.05) is 43.4 Å². The summed E-state index contributed by atoms with van der Waals surface area (Å²) in [4.78, 5) is 35.9. The number of benzene rings is 2. The number of hydrogen-bond donors (Lipinski definition) is 2. The first-order chi connectivity index (χ1) is 21.4. The molecule has 0 atom stereocenters. The monoisotopic (exact) mass is 588 g/mol. The number of piperazine rings is 1. The number of nitrogens with one attached hydrogen (secondary N) is 1. The van der Waals surface area contributed by atoms with E-state index in [1.54, 1.807) is 25.4 Å². The number of rotatable bonds is 6. The Hall–Kier alpha value is -5.26. The molecule has 5 heterocycles. The molecule has 2 aromatic carbocycles. The van der Waals surface area contributed by atoms with E-state index in [9.17, 15) is 14.7 Å². The molecule has 0 unspecified atom stereocenters. The van der Waals surface area contributed by atoms with E-state index < -0.39 is 0 Å². The lowest BCUT2D eigenvalue weighted by Gasteiger charge is -2.33. The van der Waals surface area contributed by atoms with Crippen molar-refractivity contribution in [1.29, 1.82) is 0 Å². The van der Waals surface area contributed by atoms with Gasteiger partial charge in [0.1, 0.15) is 17.0 Å². The molecule has 2 N–H and O–H groups in total. The number of para-hydroxylation sites is 1. The highest BCUT2D eigenvalue weighted by Crippen LogP contribution is 2.29. The Morgan fingerprint density at radius 3 is 2.45 bits per heavy atom. The van der Waals surface area contributed by atoms with Gasteiger partial charge >= 0.3 is 0 Å². The minimum Gasteiger partial charge on any atom is -0.392 e. The highest BCUT2D eigenvalue weighted by atomic mass is 16.3. The van der Waals surface area contributed by atoms with Gasteiger partial charge in [0.15, 0.2) is 0 Å². The first-order valence-electron chi connectivity index (χ1n) is 14.5. The van der Waals surface area contributed by atoms with Crippen LogP contribution in [0.2, 0.25) is 0 Å². The molecular formula is C33H32N8O3. The van der Waals surface area contributed by atoms with Crippen molar-refractivity contribution in [3.05, 3.63) is 112 Å². The predicted octanol–water partition coefficient (Wildman–Crippen LogP) is 3.39. The molecule has 11 nitrogen and oxygen atoms in total. The summed E-state index contributed by atoms with van der Waals surface area (Å²) in [5, 5.41) is 19.2. The van der Waals surface area contributed by atoms with Crippen LogP contribution in [0.15, 0.2) is 94.9 Å². The summed E-state index contributed by atoms with van der Waals surface area (Å²) in [6.07, 6.45) is 5.37. The maximum atomic E-state index is 13.7. The third-order valence-corrected chi connectivity index (χ3v) is 8.34. The Bertz CT molecular complexity index is 2120. The van der Waals surface area contributed by atoms with Gasteiger partial charge in [-0.15, -0.1) is 0 Å². The van der Waals surface area contributed by atoms with Gasteiger partial charge in [-0.1, -0.05) is 30.3 Å². The number of hydrogen-bond acceptors (Lipinski definition) is 8. The summed E-state index contributed by atoms with van der Waals surface area (Å²) in [5.74, 6) is 0.535. The van der Waals surface area contributed by atoms with Crippen molar-refractivity contribution >= 4 is 33.6 Å². The van der Waals surface area contributed by atoms with E-state index in [0.29, 0.717) is 39.5 Å². The molecule has 7 rings (SSSR count). The molecule has 0 saturated carbocycles. The highest BCUT2D eigenvalue weighted by Gasteiger charge is 2.18. The second-order valence-electron chi connectivity index (χ2n) is 11.1. The van der Waals surface area contributed by atoms with Crippen LogP contribution in [0.4, 0.5) is 17.2 Å². The van der Waals surface area contributed by atoms with Gasteiger partial charge in [-0.2, -0.15) is 5.10 Å². The molecule has 0 radical (unpaired) electrons. The van der Waals surface area contributed by atoms with Crippen molar-refractivity contribution in [2.45, 2.75) is 6.61 Å². The van der Waals surface area contributed by atoms with Crippen LogP contribution < -0.4 is 21.3 Å². The number of aryl methyl sites for hydroxylation is 1. The van der Waals surface area contributed by atoms with Crippen molar-refractivity contribution in [3.8, 4) is 16.9 Å². The maximum absolute atomic E-state index is 13.7. The fraction of sp³-hybridized carbons (Fsp3) is 0.212. The summed E-state index contributed by atoms with van der Waals surface area (Å²) < 4.78 is 4.67. The van der Waals surface area contributed by atoms with Gasteiger partial charge < -0.3 is 24.6 Å². The van der Waals surface area contributed by atoms with Crippen LogP contribution in [-0.4, -0.2) is 67.0 Å². The van der Waals surface area contributed by atoms with Crippen LogP contribution >= 0.6 is 0 Å². The maximum Gasteiger partial charge on any atom is 0.290 e. The van der Waals surface area contributed by atoms with Crippen LogP contribution in [0.3, 0.4) is 0 Å². The minimum absolute atomic E-state index is 0.211. The lowest BCUT2D eigenvalue weighted by molar-refractivity contribution is 0.282. The first-order valence-corrected chi connectivity index (χ1v) is 14.5. The molecule has 6 aromatic rings. The zero-order valence-electron chi connectivity index (χ0n) is 24.5. The number of nitrogens with zero attached hydrogens (tertiary/aromatic N) is 7. The van der Waals surface area contributed by atoms with Crippen LogP contribution in [0.1, 0.15) is 5.56 Å². The molecule has 1 aliphatic heterocycles. The van der Waals surface area contributed by atoms with E-state index in [1.165, 1.54) is 9.25 Å². The van der Waals surface area contributed by atoms with Gasteiger partial charge in [0, 0.05) is 62.1 Å².